The summed E-state index contributed by atoms with van der Waals surface area (Å²) in [5, 5.41) is 15.1. The predicted octanol–water partition coefficient (Wildman–Crippen LogP) is 4.02. The monoisotopic (exact) mass is 495 g/mol. The third-order valence-electron chi connectivity index (χ3n) is 5.04. The van der Waals surface area contributed by atoms with E-state index in [-0.39, 0.29) is 4.99 Å². The molecule has 0 aliphatic carbocycles. The van der Waals surface area contributed by atoms with Gasteiger partial charge in [-0.3, -0.25) is 15.0 Å². The van der Waals surface area contributed by atoms with Crippen LogP contribution in [0.5, 0.6) is 5.75 Å². The molecule has 1 aliphatic heterocycles. The number of fused-ring (bicyclic) bond motifs is 1. The van der Waals surface area contributed by atoms with Crippen molar-refractivity contribution < 1.29 is 14.3 Å². The molecule has 2 atom stereocenters. The van der Waals surface area contributed by atoms with Crippen LogP contribution in [0, 0.1) is 21.2 Å². The number of methoxy groups -OCH3 is 1. The summed E-state index contributed by atoms with van der Waals surface area (Å²) in [7, 11) is 1.55. The Kier molecular flexibility index (Phi) is 6.50. The Morgan fingerprint density at radius 3 is 2.55 bits per heavy atom. The minimum absolute atomic E-state index is 0.143. The van der Waals surface area contributed by atoms with Gasteiger partial charge in [-0.2, -0.15) is 5.26 Å². The molecule has 1 aliphatic rings. The van der Waals surface area contributed by atoms with Crippen LogP contribution >= 0.6 is 35.8 Å². The van der Waals surface area contributed by atoms with Crippen LogP contribution < -0.4 is 20.8 Å². The maximum atomic E-state index is 12.7. The molecule has 0 fully saturated rings. The average molecular weight is 496 g/mol. The van der Waals surface area contributed by atoms with Crippen molar-refractivity contribution in [2.24, 2.45) is 5.92 Å². The number of thiocarbonyl (C=S) groups is 1. The number of amides is 2. The number of nitrogens with one attached hydrogen (secondary N) is 3. The molecule has 0 saturated carbocycles. The Bertz CT molecular complexity index is 1330. The topological polar surface area (TPSA) is 108 Å². The fraction of sp³-hybridized carbons (Fsp3) is 0.136. The van der Waals surface area contributed by atoms with Gasteiger partial charge in [-0.1, -0.05) is 42.5 Å². The molecule has 2 unspecified atom stereocenters. The third kappa shape index (κ3) is 4.49. The first-order chi connectivity index (χ1) is 15.9. The molecule has 33 heavy (non-hydrogen) atoms. The quantitative estimate of drug-likeness (QED) is 0.469. The molecule has 8 nitrogen and oxygen atoms in total. The van der Waals surface area contributed by atoms with Crippen LogP contribution in [0.2, 0.25) is 0 Å². The lowest BCUT2D eigenvalue weighted by atomic mass is 9.83. The highest BCUT2D eigenvalue weighted by Gasteiger charge is 2.40. The first-order valence-electron chi connectivity index (χ1n) is 9.70. The summed E-state index contributed by atoms with van der Waals surface area (Å²) >= 11 is 12.0. The van der Waals surface area contributed by atoms with Gasteiger partial charge < -0.3 is 15.4 Å². The van der Waals surface area contributed by atoms with Crippen LogP contribution in [-0.4, -0.2) is 28.6 Å². The van der Waals surface area contributed by atoms with Crippen molar-refractivity contribution in [2.45, 2.75) is 5.92 Å². The maximum Gasteiger partial charge on any atom is 0.284 e. The lowest BCUT2D eigenvalue weighted by Gasteiger charge is -2.27. The van der Waals surface area contributed by atoms with Crippen molar-refractivity contribution in [3.63, 3.8) is 0 Å². The normalized spacial score (nSPS) is 16.7. The summed E-state index contributed by atoms with van der Waals surface area (Å²) in [6, 6.07) is 18.2. The number of benzene rings is 2. The number of hydrogen-bond donors (Lipinski definition) is 3. The lowest BCUT2D eigenvalue weighted by Crippen LogP contribution is -2.37. The zero-order chi connectivity index (χ0) is 23.5. The standard InChI is InChI=1S/C22H17N5O3S3/c1-30-14-9-7-13(8-10-14)24-20(29)21(31)26-27-18-17(33-22(27)32)16(12-5-3-2-4-6-12)15(11-23)19(28)25-18/h2-10,15-16H,1H3,(H,24,29)(H,25,28)(H,26,31). The first kappa shape index (κ1) is 22.6. The largest absolute Gasteiger partial charge is 0.497 e. The third-order valence-corrected chi connectivity index (χ3v) is 6.78. The molecule has 3 N–H and O–H groups in total. The zero-order valence-electron chi connectivity index (χ0n) is 17.2. The number of anilines is 2. The highest BCUT2D eigenvalue weighted by Crippen LogP contribution is 2.43. The van der Waals surface area contributed by atoms with Crippen molar-refractivity contribution in [3.05, 3.63) is 69.0 Å². The van der Waals surface area contributed by atoms with Crippen LogP contribution in [-0.2, 0) is 9.59 Å². The summed E-state index contributed by atoms with van der Waals surface area (Å²) in [6.07, 6.45) is 0. The molecule has 0 saturated heterocycles. The van der Waals surface area contributed by atoms with Gasteiger partial charge >= 0.3 is 0 Å². The number of carbonyl (C=O) groups excluding carboxylic acids is 2. The molecule has 0 radical (unpaired) electrons. The molecule has 2 amide bonds. The molecule has 0 spiro atoms. The van der Waals surface area contributed by atoms with E-state index in [4.69, 9.17) is 29.2 Å². The lowest BCUT2D eigenvalue weighted by molar-refractivity contribution is -0.119. The molecular weight excluding hydrogens is 478 g/mol. The number of nitrogens with zero attached hydrogens (tertiary/aromatic N) is 2. The van der Waals surface area contributed by atoms with Gasteiger partial charge in [0.1, 0.15) is 17.5 Å². The van der Waals surface area contributed by atoms with Gasteiger partial charge in [0.05, 0.1) is 18.1 Å². The van der Waals surface area contributed by atoms with E-state index in [2.05, 4.69) is 22.1 Å². The van der Waals surface area contributed by atoms with E-state index in [1.807, 2.05) is 30.3 Å². The van der Waals surface area contributed by atoms with E-state index in [1.165, 1.54) is 16.0 Å². The number of hydrogen-bond acceptors (Lipinski definition) is 7. The van der Waals surface area contributed by atoms with Crippen LogP contribution in [0.15, 0.2) is 54.6 Å². The predicted molar refractivity (Wildman–Crippen MR) is 133 cm³/mol. The fourth-order valence-corrected chi connectivity index (χ4v) is 5.07. The molecule has 2 heterocycles. The molecule has 1 aromatic heterocycles. The summed E-state index contributed by atoms with van der Waals surface area (Å²) in [5.41, 5.74) is 4.17. The van der Waals surface area contributed by atoms with Crippen LogP contribution in [0.1, 0.15) is 16.4 Å². The molecule has 4 rings (SSSR count). The van der Waals surface area contributed by atoms with Gasteiger partial charge in [-0.15, -0.1) is 11.3 Å². The van der Waals surface area contributed by atoms with E-state index in [1.54, 1.807) is 31.4 Å². The molecule has 2 aromatic carbocycles. The minimum Gasteiger partial charge on any atom is -0.497 e. The Morgan fingerprint density at radius 1 is 1.21 bits per heavy atom. The molecule has 11 heteroatoms. The van der Waals surface area contributed by atoms with E-state index in [0.717, 1.165) is 5.56 Å². The number of nitriles is 1. The second kappa shape index (κ2) is 9.50. The number of aromatic nitrogens is 1. The van der Waals surface area contributed by atoms with Crippen molar-refractivity contribution >= 4 is 64.1 Å². The fourth-order valence-electron chi connectivity index (χ4n) is 3.47. The minimum atomic E-state index is -0.910. The SMILES string of the molecule is COc1ccc(NC(=O)C(=S)Nn2c3c(sc2=S)C(c2ccccc2)C(C#N)C(=O)N3)cc1. The summed E-state index contributed by atoms with van der Waals surface area (Å²) < 4.78 is 6.85. The zero-order valence-corrected chi connectivity index (χ0v) is 19.6. The number of carbonyl (C=O) groups is 2. The maximum absolute atomic E-state index is 12.7. The molecule has 3 aromatic rings. The van der Waals surface area contributed by atoms with E-state index in [0.29, 0.717) is 26.1 Å². The van der Waals surface area contributed by atoms with Crippen molar-refractivity contribution in [1.29, 1.82) is 5.26 Å². The van der Waals surface area contributed by atoms with Gasteiger partial charge in [-0.25, -0.2) is 4.68 Å². The molecule has 0 bridgehead atoms. The number of rotatable bonds is 4. The summed E-state index contributed by atoms with van der Waals surface area (Å²) in [4.78, 5) is 25.9. The second-order valence-electron chi connectivity index (χ2n) is 7.02. The average Bonchev–Trinajstić information content (AvgIpc) is 3.13. The highest BCUT2D eigenvalue weighted by atomic mass is 32.1. The molecular formula is C22H17N5O3S3. The Labute approximate surface area is 203 Å². The number of thiazole rings is 1. The van der Waals surface area contributed by atoms with Gasteiger partial charge in [0.2, 0.25) is 5.91 Å². The Hall–Kier alpha value is -3.59. The van der Waals surface area contributed by atoms with Crippen LogP contribution in [0.4, 0.5) is 11.5 Å². The van der Waals surface area contributed by atoms with E-state index < -0.39 is 23.7 Å². The molecule has 166 valence electrons. The van der Waals surface area contributed by atoms with Gasteiger partial charge in [0.15, 0.2) is 8.94 Å². The summed E-state index contributed by atoms with van der Waals surface area (Å²) in [6.45, 7) is 0. The smallest absolute Gasteiger partial charge is 0.284 e. The van der Waals surface area contributed by atoms with Crippen molar-refractivity contribution in [2.75, 3.05) is 23.2 Å². The van der Waals surface area contributed by atoms with Crippen LogP contribution in [0.25, 0.3) is 0 Å². The second-order valence-corrected chi connectivity index (χ2v) is 9.11. The van der Waals surface area contributed by atoms with Gasteiger partial charge in [-0.05, 0) is 42.0 Å². The highest BCUT2D eigenvalue weighted by molar-refractivity contribution is 7.82. The first-order valence-corrected chi connectivity index (χ1v) is 11.3. The van der Waals surface area contributed by atoms with Crippen LogP contribution in [0.3, 0.4) is 0 Å². The Morgan fingerprint density at radius 2 is 1.91 bits per heavy atom. The van der Waals surface area contributed by atoms with Gasteiger partial charge in [0.25, 0.3) is 5.91 Å². The van der Waals surface area contributed by atoms with E-state index >= 15 is 0 Å². The van der Waals surface area contributed by atoms with Crippen molar-refractivity contribution in [3.8, 4) is 11.8 Å². The van der Waals surface area contributed by atoms with Gasteiger partial charge in [0, 0.05) is 11.6 Å². The Balaban J connectivity index is 1.61. The summed E-state index contributed by atoms with van der Waals surface area (Å²) in [5.74, 6) is -1.37. The number of ether oxygens (including phenoxy) is 1. The van der Waals surface area contributed by atoms with Crippen molar-refractivity contribution in [1.82, 2.24) is 4.68 Å². The van der Waals surface area contributed by atoms with E-state index in [9.17, 15) is 14.9 Å².